The Labute approximate surface area is 80.2 Å². The van der Waals surface area contributed by atoms with Gasteiger partial charge in [0.15, 0.2) is 0 Å². The maximum atomic E-state index is 12.4. The molecular weight excluding hydrogens is 188 g/mol. The van der Waals surface area contributed by atoms with Crippen molar-refractivity contribution in [3.8, 4) is 6.07 Å². The quantitative estimate of drug-likeness (QED) is 0.799. The van der Waals surface area contributed by atoms with Gasteiger partial charge in [-0.1, -0.05) is 0 Å². The van der Waals surface area contributed by atoms with Crippen LogP contribution in [-0.4, -0.2) is 4.98 Å². The lowest BCUT2D eigenvalue weighted by Crippen LogP contribution is -2.05. The predicted octanol–water partition coefficient (Wildman–Crippen LogP) is 1.54. The molecule has 14 heavy (non-hydrogen) atoms. The molecule has 2 N–H and O–H groups in total. The molecule has 0 saturated carbocycles. The summed E-state index contributed by atoms with van der Waals surface area (Å²) in [5.41, 5.74) is 5.75. The Morgan fingerprint density at radius 3 is 2.71 bits per heavy atom. The summed E-state index contributed by atoms with van der Waals surface area (Å²) >= 11 is 0. The molecule has 0 unspecified atom stereocenters. The van der Waals surface area contributed by atoms with E-state index < -0.39 is 6.43 Å². The van der Waals surface area contributed by atoms with Crippen molar-refractivity contribution in [2.24, 2.45) is 5.73 Å². The van der Waals surface area contributed by atoms with E-state index in [1.807, 2.05) is 0 Å². The number of alkyl halides is 2. The lowest BCUT2D eigenvalue weighted by atomic mass is 10.1. The van der Waals surface area contributed by atoms with Crippen LogP contribution in [0.3, 0.4) is 0 Å². The van der Waals surface area contributed by atoms with Gasteiger partial charge in [0.25, 0.3) is 6.43 Å². The van der Waals surface area contributed by atoms with Crippen molar-refractivity contribution < 1.29 is 8.78 Å². The summed E-state index contributed by atoms with van der Waals surface area (Å²) < 4.78 is 24.8. The molecule has 0 aliphatic carbocycles. The average Bonchev–Trinajstić information content (AvgIpc) is 2.17. The van der Waals surface area contributed by atoms with Crippen molar-refractivity contribution in [3.05, 3.63) is 29.1 Å². The van der Waals surface area contributed by atoms with Crippen LogP contribution in [0, 0.1) is 11.3 Å². The second kappa shape index (κ2) is 4.63. The molecule has 0 bridgehead atoms. The number of aromatic nitrogens is 1. The number of nitriles is 1. The van der Waals surface area contributed by atoms with Crippen molar-refractivity contribution in [1.82, 2.24) is 4.98 Å². The topological polar surface area (TPSA) is 62.7 Å². The van der Waals surface area contributed by atoms with Gasteiger partial charge in [-0.15, -0.1) is 0 Å². The van der Waals surface area contributed by atoms with Gasteiger partial charge in [-0.25, -0.2) is 8.78 Å². The maximum Gasteiger partial charge on any atom is 0.265 e. The zero-order valence-corrected chi connectivity index (χ0v) is 7.37. The molecule has 0 spiro atoms. The predicted molar refractivity (Wildman–Crippen MR) is 46.4 cm³/mol. The molecule has 0 aromatic carbocycles. The van der Waals surface area contributed by atoms with Gasteiger partial charge in [0, 0.05) is 12.1 Å². The first-order valence-electron chi connectivity index (χ1n) is 4.03. The minimum atomic E-state index is -2.60. The van der Waals surface area contributed by atoms with Crippen molar-refractivity contribution in [2.75, 3.05) is 0 Å². The number of nitrogens with two attached hydrogens (primary N) is 1. The monoisotopic (exact) mass is 197 g/mol. The second-order valence-corrected chi connectivity index (χ2v) is 2.68. The summed E-state index contributed by atoms with van der Waals surface area (Å²) in [5.74, 6) is 0. The first-order chi connectivity index (χ1) is 6.69. The second-order valence-electron chi connectivity index (χ2n) is 2.68. The van der Waals surface area contributed by atoms with E-state index >= 15 is 0 Å². The SMILES string of the molecule is N#CCc1nc(CN)ccc1C(F)F. The highest BCUT2D eigenvalue weighted by Crippen LogP contribution is 2.22. The molecule has 0 radical (unpaired) electrons. The Hall–Kier alpha value is -1.54. The molecule has 1 aromatic heterocycles. The summed E-state index contributed by atoms with van der Waals surface area (Å²) in [6, 6.07) is 4.51. The molecule has 0 aliphatic heterocycles. The van der Waals surface area contributed by atoms with Crippen molar-refractivity contribution in [3.63, 3.8) is 0 Å². The van der Waals surface area contributed by atoms with E-state index in [9.17, 15) is 8.78 Å². The molecule has 5 heteroatoms. The first kappa shape index (κ1) is 10.5. The van der Waals surface area contributed by atoms with E-state index in [1.54, 1.807) is 6.07 Å². The Bertz CT molecular complexity index is 358. The van der Waals surface area contributed by atoms with Gasteiger partial charge in [0.05, 0.1) is 23.9 Å². The standard InChI is InChI=1S/C9H9F2N3/c10-9(11)7-2-1-6(5-13)14-8(7)3-4-12/h1-2,9H,3,5,13H2. The van der Waals surface area contributed by atoms with E-state index in [2.05, 4.69) is 4.98 Å². The van der Waals surface area contributed by atoms with Crippen LogP contribution in [0.2, 0.25) is 0 Å². The van der Waals surface area contributed by atoms with Crippen LogP contribution in [-0.2, 0) is 13.0 Å². The summed E-state index contributed by atoms with van der Waals surface area (Å²) in [7, 11) is 0. The van der Waals surface area contributed by atoms with Crippen LogP contribution in [0.25, 0.3) is 0 Å². The van der Waals surface area contributed by atoms with Gasteiger partial charge >= 0.3 is 0 Å². The van der Waals surface area contributed by atoms with Gasteiger partial charge < -0.3 is 5.73 Å². The number of halogens is 2. The minimum Gasteiger partial charge on any atom is -0.325 e. The van der Waals surface area contributed by atoms with Crippen LogP contribution in [0.5, 0.6) is 0 Å². The third-order valence-electron chi connectivity index (χ3n) is 1.76. The highest BCUT2D eigenvalue weighted by molar-refractivity contribution is 5.26. The van der Waals surface area contributed by atoms with Gasteiger partial charge in [-0.3, -0.25) is 4.98 Å². The summed E-state index contributed by atoms with van der Waals surface area (Å²) in [6.07, 6.45) is -2.72. The van der Waals surface area contributed by atoms with Crippen molar-refractivity contribution in [2.45, 2.75) is 19.4 Å². The van der Waals surface area contributed by atoms with Gasteiger partial charge in [-0.05, 0) is 12.1 Å². The van der Waals surface area contributed by atoms with E-state index in [0.717, 1.165) is 0 Å². The number of pyridine rings is 1. The molecule has 0 atom stereocenters. The Kier molecular flexibility index (Phi) is 3.48. The lowest BCUT2D eigenvalue weighted by molar-refractivity contribution is 0.150. The zero-order valence-electron chi connectivity index (χ0n) is 7.37. The average molecular weight is 197 g/mol. The highest BCUT2D eigenvalue weighted by atomic mass is 19.3. The maximum absolute atomic E-state index is 12.4. The fourth-order valence-corrected chi connectivity index (χ4v) is 1.09. The number of hydrogen-bond donors (Lipinski definition) is 1. The third kappa shape index (κ3) is 2.24. The van der Waals surface area contributed by atoms with Crippen molar-refractivity contribution in [1.29, 1.82) is 5.26 Å². The van der Waals surface area contributed by atoms with E-state index in [0.29, 0.717) is 5.69 Å². The normalized spacial score (nSPS) is 10.2. The Balaban J connectivity index is 3.11. The van der Waals surface area contributed by atoms with Crippen LogP contribution < -0.4 is 5.73 Å². The van der Waals surface area contributed by atoms with Crippen LogP contribution in [0.4, 0.5) is 8.78 Å². The molecule has 0 saturated heterocycles. The van der Waals surface area contributed by atoms with Gasteiger partial charge in [0.1, 0.15) is 0 Å². The van der Waals surface area contributed by atoms with E-state index in [1.165, 1.54) is 12.1 Å². The third-order valence-corrected chi connectivity index (χ3v) is 1.76. The fraction of sp³-hybridized carbons (Fsp3) is 0.333. The first-order valence-corrected chi connectivity index (χ1v) is 4.03. The molecule has 74 valence electrons. The Morgan fingerprint density at radius 1 is 1.50 bits per heavy atom. The summed E-state index contributed by atoms with van der Waals surface area (Å²) in [4.78, 5) is 3.87. The lowest BCUT2D eigenvalue weighted by Gasteiger charge is -2.06. The largest absolute Gasteiger partial charge is 0.325 e. The molecule has 0 aliphatic rings. The molecular formula is C9H9F2N3. The molecule has 0 fully saturated rings. The van der Waals surface area contributed by atoms with Gasteiger partial charge in [0.2, 0.25) is 0 Å². The zero-order chi connectivity index (χ0) is 10.6. The van der Waals surface area contributed by atoms with Crippen LogP contribution >= 0.6 is 0 Å². The van der Waals surface area contributed by atoms with Crippen molar-refractivity contribution >= 4 is 0 Å². The summed E-state index contributed by atoms with van der Waals surface area (Å²) in [6.45, 7) is 0.182. The molecule has 0 amide bonds. The van der Waals surface area contributed by atoms with Crippen LogP contribution in [0.15, 0.2) is 12.1 Å². The Morgan fingerprint density at radius 2 is 2.21 bits per heavy atom. The van der Waals surface area contributed by atoms with E-state index in [4.69, 9.17) is 11.0 Å². The smallest absolute Gasteiger partial charge is 0.265 e. The molecule has 3 nitrogen and oxygen atoms in total. The van der Waals surface area contributed by atoms with Gasteiger partial charge in [-0.2, -0.15) is 5.26 Å². The number of nitrogens with zero attached hydrogens (tertiary/aromatic N) is 2. The molecule has 1 heterocycles. The van der Waals surface area contributed by atoms with Crippen LogP contribution in [0.1, 0.15) is 23.4 Å². The molecule has 1 aromatic rings. The molecule has 1 rings (SSSR count). The highest BCUT2D eigenvalue weighted by Gasteiger charge is 2.14. The number of hydrogen-bond acceptors (Lipinski definition) is 3. The fourth-order valence-electron chi connectivity index (χ4n) is 1.09. The minimum absolute atomic E-state index is 0.116. The van der Waals surface area contributed by atoms with E-state index in [-0.39, 0.29) is 24.2 Å². The summed E-state index contributed by atoms with van der Waals surface area (Å²) in [5, 5.41) is 8.42. The number of rotatable bonds is 3.